The van der Waals surface area contributed by atoms with Crippen molar-refractivity contribution in [2.24, 2.45) is 0 Å². The first-order chi connectivity index (χ1) is 15.3. The highest BCUT2D eigenvalue weighted by molar-refractivity contribution is 6.33. The molecule has 1 aliphatic carbocycles. The minimum atomic E-state index is -5.16. The minimum Gasteiger partial charge on any atom is -0.399 e. The fourth-order valence-electron chi connectivity index (χ4n) is 3.39. The van der Waals surface area contributed by atoms with Gasteiger partial charge in [-0.25, -0.2) is 0 Å². The fourth-order valence-corrected chi connectivity index (χ4v) is 4.20. The Balaban J connectivity index is 2.05. The number of hydrogen-bond donors (Lipinski definition) is 3. The molecule has 0 saturated heterocycles. The Hall–Kier alpha value is -2.23. The average molecular weight is 522 g/mol. The quantitative estimate of drug-likeness (QED) is 0.377. The molecule has 1 aliphatic rings. The summed E-state index contributed by atoms with van der Waals surface area (Å²) in [6.07, 6.45) is -3.40. The third-order valence-corrected chi connectivity index (χ3v) is 6.20. The highest BCUT2D eigenvalue weighted by Crippen LogP contribution is 2.49. The lowest BCUT2D eigenvalue weighted by atomic mass is 9.81. The molecule has 0 heterocycles. The topological polar surface area (TPSA) is 84.6 Å². The summed E-state index contributed by atoms with van der Waals surface area (Å²) in [5, 5.41) is 11.3. The zero-order chi connectivity index (χ0) is 24.6. The van der Waals surface area contributed by atoms with Crippen LogP contribution >= 0.6 is 34.8 Å². The first-order valence-electron chi connectivity index (χ1n) is 9.38. The van der Waals surface area contributed by atoms with Gasteiger partial charge in [-0.2, -0.15) is 13.2 Å². The molecule has 0 aliphatic heterocycles. The summed E-state index contributed by atoms with van der Waals surface area (Å²) >= 11 is 18.6. The average Bonchev–Trinajstić information content (AvgIpc) is 2.75. The zero-order valence-electron chi connectivity index (χ0n) is 17.0. The van der Waals surface area contributed by atoms with Crippen LogP contribution in [0.5, 0.6) is 0 Å². The lowest BCUT2D eigenvalue weighted by Gasteiger charge is -2.40. The molecule has 0 radical (unpaired) electrons. The van der Waals surface area contributed by atoms with E-state index in [1.807, 2.05) is 0 Å². The molecular formula is C22H18Cl3F3N2O3. The van der Waals surface area contributed by atoms with E-state index in [1.165, 1.54) is 24.3 Å². The van der Waals surface area contributed by atoms with Gasteiger partial charge in [-0.05, 0) is 53.6 Å². The molecule has 4 N–H and O–H groups in total. The van der Waals surface area contributed by atoms with Gasteiger partial charge in [-0.3, -0.25) is 4.79 Å². The van der Waals surface area contributed by atoms with Crippen LogP contribution in [0.4, 0.5) is 18.9 Å². The first kappa shape index (κ1) is 25.4. The van der Waals surface area contributed by atoms with Crippen LogP contribution < -0.4 is 11.1 Å². The number of alkyl halides is 4. The molecule has 0 aromatic heterocycles. The van der Waals surface area contributed by atoms with E-state index < -0.39 is 39.9 Å². The number of aliphatic hydroxyl groups is 1. The second-order valence-electron chi connectivity index (χ2n) is 7.28. The number of anilines is 1. The molecule has 2 aromatic carbocycles. The molecule has 11 heteroatoms. The smallest absolute Gasteiger partial charge is 0.399 e. The van der Waals surface area contributed by atoms with Crippen molar-refractivity contribution in [2.75, 3.05) is 12.8 Å². The summed E-state index contributed by atoms with van der Waals surface area (Å²) in [6.45, 7) is 0. The van der Waals surface area contributed by atoms with Crippen molar-refractivity contribution in [3.63, 3.8) is 0 Å². The van der Waals surface area contributed by atoms with Crippen molar-refractivity contribution in [1.29, 1.82) is 0 Å². The summed E-state index contributed by atoms with van der Waals surface area (Å²) < 4.78 is 47.7. The van der Waals surface area contributed by atoms with Crippen molar-refractivity contribution in [2.45, 2.75) is 22.9 Å². The molecule has 0 saturated carbocycles. The largest absolute Gasteiger partial charge is 0.425 e. The van der Waals surface area contributed by atoms with Gasteiger partial charge in [0.1, 0.15) is 6.04 Å². The summed E-state index contributed by atoms with van der Waals surface area (Å²) in [6, 6.07) is 9.24. The molecule has 176 valence electrons. The Kier molecular flexibility index (Phi) is 7.07. The maximum Gasteiger partial charge on any atom is 0.425 e. The summed E-state index contributed by atoms with van der Waals surface area (Å²) in [4.78, 5) is 12.7. The molecule has 0 fully saturated rings. The predicted molar refractivity (Wildman–Crippen MR) is 121 cm³/mol. The number of amides is 1. The number of nitrogens with one attached hydrogen (secondary N) is 1. The number of carbonyl (C=O) groups is 1. The van der Waals surface area contributed by atoms with Crippen LogP contribution in [0.15, 0.2) is 71.3 Å². The normalized spacial score (nSPS) is 22.7. The van der Waals surface area contributed by atoms with Crippen LogP contribution in [0.1, 0.15) is 15.9 Å². The van der Waals surface area contributed by atoms with Crippen LogP contribution in [0, 0.1) is 0 Å². The van der Waals surface area contributed by atoms with Gasteiger partial charge in [-0.15, -0.1) is 0 Å². The van der Waals surface area contributed by atoms with Crippen LogP contribution in [-0.4, -0.2) is 35.4 Å². The summed E-state index contributed by atoms with van der Waals surface area (Å²) in [7, 11) is 1.13. The number of methoxy groups -OCH3 is 1. The van der Waals surface area contributed by atoms with Gasteiger partial charge in [0.05, 0.1) is 0 Å². The second-order valence-corrected chi connectivity index (χ2v) is 8.74. The van der Waals surface area contributed by atoms with Crippen LogP contribution in [-0.2, 0) is 10.3 Å². The fraction of sp³-hybridized carbons (Fsp3) is 0.227. The van der Waals surface area contributed by atoms with Crippen molar-refractivity contribution >= 4 is 46.4 Å². The maximum absolute atomic E-state index is 14.2. The van der Waals surface area contributed by atoms with E-state index >= 15 is 0 Å². The number of ether oxygens (including phenoxy) is 1. The Morgan fingerprint density at radius 3 is 2.36 bits per heavy atom. The highest BCUT2D eigenvalue weighted by Gasteiger charge is 2.59. The Bertz CT molecular complexity index is 1120. The van der Waals surface area contributed by atoms with Gasteiger partial charge in [-0.1, -0.05) is 53.0 Å². The lowest BCUT2D eigenvalue weighted by Crippen LogP contribution is -2.53. The summed E-state index contributed by atoms with van der Waals surface area (Å²) in [5.41, 5.74) is 1.51. The van der Waals surface area contributed by atoms with Gasteiger partial charge < -0.3 is 20.9 Å². The number of hydrogen-bond acceptors (Lipinski definition) is 4. The minimum absolute atomic E-state index is 0.178. The van der Waals surface area contributed by atoms with Gasteiger partial charge in [0.25, 0.3) is 5.91 Å². The van der Waals surface area contributed by atoms with Gasteiger partial charge in [0.15, 0.2) is 5.06 Å². The van der Waals surface area contributed by atoms with Crippen molar-refractivity contribution in [3.05, 3.63) is 87.4 Å². The van der Waals surface area contributed by atoms with Gasteiger partial charge in [0, 0.05) is 28.4 Å². The van der Waals surface area contributed by atoms with E-state index in [9.17, 15) is 23.1 Å². The maximum atomic E-state index is 14.2. The van der Waals surface area contributed by atoms with E-state index in [0.29, 0.717) is 5.69 Å². The SMILES string of the molecule is COC1(Cl)C=C(C(O)(c2ccc(Cl)cc2)C(F)(F)F)C=C(Cl)C1NC(=O)c1cccc(N)c1. The molecule has 0 spiro atoms. The molecule has 0 bridgehead atoms. The van der Waals surface area contributed by atoms with Crippen LogP contribution in [0.25, 0.3) is 0 Å². The predicted octanol–water partition coefficient (Wildman–Crippen LogP) is 5.11. The monoisotopic (exact) mass is 520 g/mol. The Morgan fingerprint density at radius 2 is 1.82 bits per heavy atom. The molecule has 2 aromatic rings. The standard InChI is InChI=1S/C22H18Cl3F3N2O3/c1-33-20(25)11-14(21(32,22(26,27)28)13-5-7-15(23)8-6-13)10-17(24)18(20)30-19(31)12-3-2-4-16(29)9-12/h2-11,18,32H,29H2,1H3,(H,30,31). The molecule has 3 unspecified atom stereocenters. The van der Waals surface area contributed by atoms with E-state index in [2.05, 4.69) is 5.32 Å². The number of nitrogen functional groups attached to an aromatic ring is 1. The Morgan fingerprint density at radius 1 is 1.18 bits per heavy atom. The van der Waals surface area contributed by atoms with E-state index in [4.69, 9.17) is 45.3 Å². The number of benzene rings is 2. The van der Waals surface area contributed by atoms with Crippen molar-refractivity contribution < 1.29 is 27.8 Å². The van der Waals surface area contributed by atoms with Crippen LogP contribution in [0.3, 0.4) is 0 Å². The lowest BCUT2D eigenvalue weighted by molar-refractivity contribution is -0.249. The van der Waals surface area contributed by atoms with Crippen molar-refractivity contribution in [1.82, 2.24) is 5.32 Å². The van der Waals surface area contributed by atoms with Crippen LogP contribution in [0.2, 0.25) is 5.02 Å². The van der Waals surface area contributed by atoms with E-state index in [1.54, 1.807) is 12.1 Å². The molecule has 3 rings (SSSR count). The summed E-state index contributed by atoms with van der Waals surface area (Å²) in [5.74, 6) is -0.637. The number of rotatable bonds is 5. The molecule has 3 atom stereocenters. The zero-order valence-corrected chi connectivity index (χ0v) is 19.2. The van der Waals surface area contributed by atoms with E-state index in [-0.39, 0.29) is 15.6 Å². The molecule has 1 amide bonds. The van der Waals surface area contributed by atoms with Gasteiger partial charge >= 0.3 is 6.18 Å². The third-order valence-electron chi connectivity index (χ3n) is 5.14. The van der Waals surface area contributed by atoms with Crippen molar-refractivity contribution in [3.8, 4) is 0 Å². The highest BCUT2D eigenvalue weighted by atomic mass is 35.5. The number of nitrogens with two attached hydrogens (primary N) is 1. The number of halogens is 6. The van der Waals surface area contributed by atoms with E-state index in [0.717, 1.165) is 31.4 Å². The second kappa shape index (κ2) is 9.19. The molecule has 33 heavy (non-hydrogen) atoms. The molecular weight excluding hydrogens is 504 g/mol. The third kappa shape index (κ3) is 4.85. The molecule has 5 nitrogen and oxygen atoms in total. The first-order valence-corrected chi connectivity index (χ1v) is 10.5. The number of carbonyl (C=O) groups excluding carboxylic acids is 1. The van der Waals surface area contributed by atoms with Gasteiger partial charge in [0.2, 0.25) is 5.60 Å². The Labute approximate surface area is 202 Å².